The summed E-state index contributed by atoms with van der Waals surface area (Å²) in [6.07, 6.45) is 1.31. The Morgan fingerprint density at radius 3 is 2.64 bits per heavy atom. The molecule has 0 aromatic carbocycles. The van der Waals surface area contributed by atoms with E-state index in [1.165, 1.54) is 6.42 Å². The van der Waals surface area contributed by atoms with Gasteiger partial charge in [-0.3, -0.25) is 0 Å². The van der Waals surface area contributed by atoms with Crippen LogP contribution in [-0.2, 0) is 6.54 Å². The van der Waals surface area contributed by atoms with E-state index in [1.807, 2.05) is 0 Å². The molecule has 14 heavy (non-hydrogen) atoms. The molecule has 0 amide bonds. The summed E-state index contributed by atoms with van der Waals surface area (Å²) in [4.78, 5) is 0. The Bertz CT molecular complexity index is 332. The van der Waals surface area contributed by atoms with E-state index in [2.05, 4.69) is 35.5 Å². The molecule has 3 nitrogen and oxygen atoms in total. The van der Waals surface area contributed by atoms with Crippen LogP contribution in [0.3, 0.4) is 0 Å². The van der Waals surface area contributed by atoms with Gasteiger partial charge in [-0.15, -0.1) is 10.2 Å². The van der Waals surface area contributed by atoms with Crippen molar-refractivity contribution >= 4 is 11.6 Å². The second kappa shape index (κ2) is 3.54. The molecular weight excluding hydrogens is 198 g/mol. The summed E-state index contributed by atoms with van der Waals surface area (Å²) in [5, 5.41) is 8.56. The number of hydrogen-bond acceptors (Lipinski definition) is 2. The molecule has 1 aliphatic rings. The highest BCUT2D eigenvalue weighted by Crippen LogP contribution is 2.39. The lowest BCUT2D eigenvalue weighted by atomic mass is 10.2. The summed E-state index contributed by atoms with van der Waals surface area (Å²) >= 11 is 6.00. The molecule has 1 heterocycles. The summed E-state index contributed by atoms with van der Waals surface area (Å²) in [5.74, 6) is 3.02. The predicted octanol–water partition coefficient (Wildman–Crippen LogP) is 2.71. The van der Waals surface area contributed by atoms with E-state index in [1.54, 1.807) is 0 Å². The summed E-state index contributed by atoms with van der Waals surface area (Å²) < 4.78 is 2.06. The van der Waals surface area contributed by atoms with Crippen molar-refractivity contribution in [2.24, 2.45) is 11.8 Å². The standard InChI is InChI=1S/C10H16ClN3/c1-6(2)9-12-13-10(11)14(9)5-8-4-7(8)3/h6-8H,4-5H2,1-3H3. The summed E-state index contributed by atoms with van der Waals surface area (Å²) in [6, 6.07) is 0. The fourth-order valence-electron chi connectivity index (χ4n) is 1.78. The summed E-state index contributed by atoms with van der Waals surface area (Å²) in [5.41, 5.74) is 0. The van der Waals surface area contributed by atoms with Crippen molar-refractivity contribution in [1.29, 1.82) is 0 Å². The Hall–Kier alpha value is -0.570. The second-order valence-corrected chi connectivity index (χ2v) is 4.90. The molecule has 78 valence electrons. The predicted molar refractivity (Wildman–Crippen MR) is 56.4 cm³/mol. The number of aromatic nitrogens is 3. The average Bonchev–Trinajstić information content (AvgIpc) is 2.65. The van der Waals surface area contributed by atoms with Gasteiger partial charge in [-0.1, -0.05) is 20.8 Å². The van der Waals surface area contributed by atoms with Crippen molar-refractivity contribution in [2.75, 3.05) is 0 Å². The SMILES string of the molecule is CC(C)c1nnc(Cl)n1CC1CC1C. The minimum atomic E-state index is 0.393. The average molecular weight is 214 g/mol. The quantitative estimate of drug-likeness (QED) is 0.773. The third-order valence-corrected chi connectivity index (χ3v) is 3.22. The zero-order chi connectivity index (χ0) is 10.3. The van der Waals surface area contributed by atoms with E-state index in [4.69, 9.17) is 11.6 Å². The smallest absolute Gasteiger partial charge is 0.225 e. The van der Waals surface area contributed by atoms with Crippen LogP contribution in [-0.4, -0.2) is 14.8 Å². The highest BCUT2D eigenvalue weighted by Gasteiger charge is 2.34. The highest BCUT2D eigenvalue weighted by molar-refractivity contribution is 6.28. The molecule has 1 aromatic heterocycles. The number of halogens is 1. The minimum absolute atomic E-state index is 0.393. The molecule has 2 atom stereocenters. The zero-order valence-corrected chi connectivity index (χ0v) is 9.62. The maximum absolute atomic E-state index is 6.00. The Morgan fingerprint density at radius 1 is 1.50 bits per heavy atom. The van der Waals surface area contributed by atoms with Crippen LogP contribution in [0.4, 0.5) is 0 Å². The van der Waals surface area contributed by atoms with Gasteiger partial charge in [-0.2, -0.15) is 0 Å². The van der Waals surface area contributed by atoms with Crippen LogP contribution in [0.2, 0.25) is 5.28 Å². The largest absolute Gasteiger partial charge is 0.301 e. The van der Waals surface area contributed by atoms with Gasteiger partial charge in [0.1, 0.15) is 5.82 Å². The molecule has 4 heteroatoms. The molecular formula is C10H16ClN3. The van der Waals surface area contributed by atoms with Crippen molar-refractivity contribution in [3.63, 3.8) is 0 Å². The van der Waals surface area contributed by atoms with Gasteiger partial charge in [0, 0.05) is 12.5 Å². The first-order valence-electron chi connectivity index (χ1n) is 5.18. The fraction of sp³-hybridized carbons (Fsp3) is 0.800. The summed E-state index contributed by atoms with van der Waals surface area (Å²) in [6.45, 7) is 7.50. The first kappa shape index (κ1) is 9.97. The molecule has 2 rings (SSSR count). The normalized spacial score (nSPS) is 25.8. The minimum Gasteiger partial charge on any atom is -0.301 e. The molecule has 0 radical (unpaired) electrons. The van der Waals surface area contributed by atoms with Crippen LogP contribution in [0.1, 0.15) is 38.9 Å². The van der Waals surface area contributed by atoms with Gasteiger partial charge in [-0.05, 0) is 29.9 Å². The van der Waals surface area contributed by atoms with Crippen LogP contribution >= 0.6 is 11.6 Å². The van der Waals surface area contributed by atoms with Crippen LogP contribution in [0.15, 0.2) is 0 Å². The van der Waals surface area contributed by atoms with Gasteiger partial charge in [0.25, 0.3) is 0 Å². The van der Waals surface area contributed by atoms with Gasteiger partial charge in [-0.25, -0.2) is 0 Å². The van der Waals surface area contributed by atoms with Crippen molar-refractivity contribution in [3.8, 4) is 0 Å². The molecule has 2 unspecified atom stereocenters. The molecule has 1 aromatic rings. The third kappa shape index (κ3) is 1.78. The maximum atomic E-state index is 6.00. The van der Waals surface area contributed by atoms with E-state index < -0.39 is 0 Å². The van der Waals surface area contributed by atoms with Gasteiger partial charge in [0.05, 0.1) is 0 Å². The van der Waals surface area contributed by atoms with E-state index in [0.29, 0.717) is 11.2 Å². The molecule has 1 aliphatic carbocycles. The van der Waals surface area contributed by atoms with Gasteiger partial charge in [0.2, 0.25) is 5.28 Å². The molecule has 0 aliphatic heterocycles. The van der Waals surface area contributed by atoms with E-state index in [-0.39, 0.29) is 0 Å². The zero-order valence-electron chi connectivity index (χ0n) is 8.87. The van der Waals surface area contributed by atoms with Crippen molar-refractivity contribution in [3.05, 3.63) is 11.1 Å². The van der Waals surface area contributed by atoms with Gasteiger partial charge >= 0.3 is 0 Å². The lowest BCUT2D eigenvalue weighted by Gasteiger charge is -2.08. The van der Waals surface area contributed by atoms with Crippen LogP contribution in [0, 0.1) is 11.8 Å². The molecule has 0 N–H and O–H groups in total. The lowest BCUT2D eigenvalue weighted by Crippen LogP contribution is -2.07. The number of rotatable bonds is 3. The molecule has 1 fully saturated rings. The highest BCUT2D eigenvalue weighted by atomic mass is 35.5. The van der Waals surface area contributed by atoms with E-state index in [9.17, 15) is 0 Å². The molecule has 1 saturated carbocycles. The summed E-state index contributed by atoms with van der Waals surface area (Å²) in [7, 11) is 0. The topological polar surface area (TPSA) is 30.7 Å². The van der Waals surface area contributed by atoms with Gasteiger partial charge in [0.15, 0.2) is 0 Å². The third-order valence-electron chi connectivity index (χ3n) is 2.94. The van der Waals surface area contributed by atoms with Crippen LogP contribution < -0.4 is 0 Å². The van der Waals surface area contributed by atoms with Crippen LogP contribution in [0.5, 0.6) is 0 Å². The van der Waals surface area contributed by atoms with Crippen molar-refractivity contribution < 1.29 is 0 Å². The van der Waals surface area contributed by atoms with E-state index >= 15 is 0 Å². The Morgan fingerprint density at radius 2 is 2.14 bits per heavy atom. The molecule has 0 bridgehead atoms. The number of hydrogen-bond donors (Lipinski definition) is 0. The first-order valence-corrected chi connectivity index (χ1v) is 5.56. The number of nitrogens with zero attached hydrogens (tertiary/aromatic N) is 3. The van der Waals surface area contributed by atoms with E-state index in [0.717, 1.165) is 24.2 Å². The second-order valence-electron chi connectivity index (χ2n) is 4.57. The Kier molecular flexibility index (Phi) is 2.52. The Balaban J connectivity index is 2.17. The fourth-order valence-corrected chi connectivity index (χ4v) is 1.97. The maximum Gasteiger partial charge on any atom is 0.225 e. The van der Waals surface area contributed by atoms with Gasteiger partial charge < -0.3 is 4.57 Å². The first-order chi connectivity index (χ1) is 6.59. The van der Waals surface area contributed by atoms with Crippen molar-refractivity contribution in [2.45, 2.75) is 39.7 Å². The molecule has 0 spiro atoms. The van der Waals surface area contributed by atoms with Crippen LogP contribution in [0.25, 0.3) is 0 Å². The monoisotopic (exact) mass is 213 g/mol. The molecule has 0 saturated heterocycles. The van der Waals surface area contributed by atoms with Crippen molar-refractivity contribution in [1.82, 2.24) is 14.8 Å². The lowest BCUT2D eigenvalue weighted by molar-refractivity contribution is 0.554. The Labute approximate surface area is 89.5 Å².